The molecule has 2 N–H and O–H groups in total. The van der Waals surface area contributed by atoms with Crippen LogP contribution < -0.4 is 10.6 Å². The van der Waals surface area contributed by atoms with Gasteiger partial charge in [-0.15, -0.1) is 11.8 Å². The predicted octanol–water partition coefficient (Wildman–Crippen LogP) is 2.10. The topological polar surface area (TPSA) is 84.2 Å². The smallest absolute Gasteiger partial charge is 0.238 e. The second kappa shape index (κ2) is 7.49. The van der Waals surface area contributed by atoms with Gasteiger partial charge in [0.1, 0.15) is 5.76 Å². The molecule has 6 nitrogen and oxygen atoms in total. The van der Waals surface area contributed by atoms with Crippen LogP contribution in [-0.2, 0) is 9.59 Å². The fraction of sp³-hybridized carbons (Fsp3) is 0.643. The molecule has 1 aliphatic carbocycles. The molecule has 1 saturated carbocycles. The summed E-state index contributed by atoms with van der Waals surface area (Å²) in [4.78, 5) is 23.7. The quantitative estimate of drug-likeness (QED) is 0.840. The molecule has 1 atom stereocenters. The molecule has 116 valence electrons. The van der Waals surface area contributed by atoms with Crippen molar-refractivity contribution in [2.45, 2.75) is 50.8 Å². The lowest BCUT2D eigenvalue weighted by molar-refractivity contribution is -0.119. The van der Waals surface area contributed by atoms with Crippen LogP contribution in [0.1, 0.15) is 38.4 Å². The Morgan fingerprint density at radius 2 is 2.19 bits per heavy atom. The number of anilines is 1. The van der Waals surface area contributed by atoms with Crippen molar-refractivity contribution in [2.24, 2.45) is 0 Å². The summed E-state index contributed by atoms with van der Waals surface area (Å²) < 4.78 is 4.88. The zero-order valence-electron chi connectivity index (χ0n) is 12.3. The second-order valence-corrected chi connectivity index (χ2v) is 6.64. The molecule has 0 radical (unpaired) electrons. The van der Waals surface area contributed by atoms with E-state index in [-0.39, 0.29) is 17.1 Å². The zero-order valence-corrected chi connectivity index (χ0v) is 13.2. The summed E-state index contributed by atoms with van der Waals surface area (Å²) in [6.07, 6.45) is 4.51. The van der Waals surface area contributed by atoms with E-state index in [4.69, 9.17) is 4.52 Å². The van der Waals surface area contributed by atoms with Crippen molar-refractivity contribution in [3.8, 4) is 0 Å². The SMILES string of the molecule is Cc1cc(NC(=O)[C@H](C)SCC(=O)NC2CCCC2)no1. The van der Waals surface area contributed by atoms with E-state index in [1.165, 1.54) is 24.6 Å². The van der Waals surface area contributed by atoms with Gasteiger partial charge in [-0.3, -0.25) is 9.59 Å². The fourth-order valence-electron chi connectivity index (χ4n) is 2.27. The first-order chi connectivity index (χ1) is 10.0. The average molecular weight is 311 g/mol. The largest absolute Gasteiger partial charge is 0.360 e. The van der Waals surface area contributed by atoms with Crippen LogP contribution >= 0.6 is 11.8 Å². The van der Waals surface area contributed by atoms with E-state index in [0.29, 0.717) is 23.4 Å². The molecule has 1 aliphatic rings. The molecule has 0 bridgehead atoms. The highest BCUT2D eigenvalue weighted by molar-refractivity contribution is 8.01. The van der Waals surface area contributed by atoms with Gasteiger partial charge in [0.05, 0.1) is 11.0 Å². The first-order valence-electron chi connectivity index (χ1n) is 7.20. The van der Waals surface area contributed by atoms with Gasteiger partial charge in [0.25, 0.3) is 0 Å². The molecule has 0 spiro atoms. The Morgan fingerprint density at radius 3 is 2.81 bits per heavy atom. The van der Waals surface area contributed by atoms with Crippen LogP contribution in [0.15, 0.2) is 10.6 Å². The highest BCUT2D eigenvalue weighted by Crippen LogP contribution is 2.18. The molecule has 0 aliphatic heterocycles. The van der Waals surface area contributed by atoms with Gasteiger partial charge in [-0.25, -0.2) is 0 Å². The summed E-state index contributed by atoms with van der Waals surface area (Å²) in [6, 6.07) is 1.97. The Balaban J connectivity index is 1.69. The molecule has 0 unspecified atom stereocenters. The summed E-state index contributed by atoms with van der Waals surface area (Å²) in [7, 11) is 0. The Kier molecular flexibility index (Phi) is 5.67. The van der Waals surface area contributed by atoms with Crippen LogP contribution in [-0.4, -0.2) is 34.0 Å². The lowest BCUT2D eigenvalue weighted by atomic mass is 10.2. The summed E-state index contributed by atoms with van der Waals surface area (Å²) in [6.45, 7) is 3.53. The van der Waals surface area contributed by atoms with Crippen molar-refractivity contribution < 1.29 is 14.1 Å². The number of rotatable bonds is 6. The number of nitrogens with zero attached hydrogens (tertiary/aromatic N) is 1. The summed E-state index contributed by atoms with van der Waals surface area (Å²) >= 11 is 1.32. The van der Waals surface area contributed by atoms with Crippen LogP contribution in [0.2, 0.25) is 0 Å². The van der Waals surface area contributed by atoms with E-state index in [1.54, 1.807) is 19.9 Å². The first-order valence-corrected chi connectivity index (χ1v) is 8.24. The van der Waals surface area contributed by atoms with Crippen LogP contribution in [0.3, 0.4) is 0 Å². The number of hydrogen-bond donors (Lipinski definition) is 2. The van der Waals surface area contributed by atoms with E-state index in [9.17, 15) is 9.59 Å². The Morgan fingerprint density at radius 1 is 1.48 bits per heavy atom. The molecule has 1 aromatic rings. The maximum Gasteiger partial charge on any atom is 0.238 e. The molecule has 2 rings (SSSR count). The van der Waals surface area contributed by atoms with Gasteiger partial charge in [0.2, 0.25) is 11.8 Å². The molecule has 0 saturated heterocycles. The van der Waals surface area contributed by atoms with E-state index >= 15 is 0 Å². The molecule has 0 aromatic carbocycles. The van der Waals surface area contributed by atoms with Crippen LogP contribution in [0, 0.1) is 6.92 Å². The van der Waals surface area contributed by atoms with Gasteiger partial charge < -0.3 is 15.2 Å². The number of carbonyl (C=O) groups excluding carboxylic acids is 2. The first kappa shape index (κ1) is 15.9. The van der Waals surface area contributed by atoms with E-state index in [1.807, 2.05) is 0 Å². The number of nitrogens with one attached hydrogen (secondary N) is 2. The van der Waals surface area contributed by atoms with Crippen LogP contribution in [0.25, 0.3) is 0 Å². The zero-order chi connectivity index (χ0) is 15.2. The van der Waals surface area contributed by atoms with Gasteiger partial charge in [-0.05, 0) is 26.7 Å². The number of aryl methyl sites for hydroxylation is 1. The molecular weight excluding hydrogens is 290 g/mol. The number of carbonyl (C=O) groups is 2. The van der Waals surface area contributed by atoms with Gasteiger partial charge in [-0.2, -0.15) is 0 Å². The maximum absolute atomic E-state index is 11.9. The Labute approximate surface area is 128 Å². The third-order valence-electron chi connectivity index (χ3n) is 3.43. The van der Waals surface area contributed by atoms with Crippen molar-refractivity contribution >= 4 is 29.4 Å². The van der Waals surface area contributed by atoms with Gasteiger partial charge in [0.15, 0.2) is 5.82 Å². The minimum absolute atomic E-state index is 0.00355. The molecule has 2 amide bonds. The lowest BCUT2D eigenvalue weighted by Crippen LogP contribution is -2.35. The number of thioether (sulfide) groups is 1. The third kappa shape index (κ3) is 5.08. The molecule has 21 heavy (non-hydrogen) atoms. The summed E-state index contributed by atoms with van der Waals surface area (Å²) in [5, 5.41) is 9.05. The van der Waals surface area contributed by atoms with E-state index in [2.05, 4.69) is 15.8 Å². The van der Waals surface area contributed by atoms with Gasteiger partial charge >= 0.3 is 0 Å². The Hall–Kier alpha value is -1.50. The van der Waals surface area contributed by atoms with Crippen LogP contribution in [0.4, 0.5) is 5.82 Å². The van der Waals surface area contributed by atoms with E-state index in [0.717, 1.165) is 12.8 Å². The molecule has 1 heterocycles. The average Bonchev–Trinajstić information content (AvgIpc) is 3.08. The van der Waals surface area contributed by atoms with Crippen LogP contribution in [0.5, 0.6) is 0 Å². The fourth-order valence-corrected chi connectivity index (χ4v) is 2.96. The molecule has 1 aromatic heterocycles. The normalized spacial score (nSPS) is 16.7. The van der Waals surface area contributed by atoms with Crippen molar-refractivity contribution in [2.75, 3.05) is 11.1 Å². The van der Waals surface area contributed by atoms with Gasteiger partial charge in [0, 0.05) is 12.1 Å². The van der Waals surface area contributed by atoms with Crippen molar-refractivity contribution in [1.82, 2.24) is 10.5 Å². The maximum atomic E-state index is 11.9. The minimum atomic E-state index is -0.323. The molecule has 1 fully saturated rings. The van der Waals surface area contributed by atoms with Crippen molar-refractivity contribution in [1.29, 1.82) is 0 Å². The standard InChI is InChI=1S/C14H21N3O3S/c1-9-7-12(17-20-9)16-14(19)10(2)21-8-13(18)15-11-5-3-4-6-11/h7,10-11H,3-6,8H2,1-2H3,(H,15,18)(H,16,17,19)/t10-/m0/s1. The van der Waals surface area contributed by atoms with Crippen molar-refractivity contribution in [3.05, 3.63) is 11.8 Å². The highest BCUT2D eigenvalue weighted by Gasteiger charge is 2.20. The molecule has 7 heteroatoms. The number of hydrogen-bond acceptors (Lipinski definition) is 5. The highest BCUT2D eigenvalue weighted by atomic mass is 32.2. The summed E-state index contributed by atoms with van der Waals surface area (Å²) in [5.41, 5.74) is 0. The van der Waals surface area contributed by atoms with Crippen molar-refractivity contribution in [3.63, 3.8) is 0 Å². The van der Waals surface area contributed by atoms with Gasteiger partial charge in [-0.1, -0.05) is 18.0 Å². The minimum Gasteiger partial charge on any atom is -0.360 e. The second-order valence-electron chi connectivity index (χ2n) is 5.31. The predicted molar refractivity (Wildman–Crippen MR) is 82.2 cm³/mol. The summed E-state index contributed by atoms with van der Waals surface area (Å²) in [5.74, 6) is 1.16. The number of amides is 2. The number of aromatic nitrogens is 1. The Bertz CT molecular complexity index is 497. The molecular formula is C14H21N3O3S. The van der Waals surface area contributed by atoms with E-state index < -0.39 is 0 Å². The third-order valence-corrected chi connectivity index (χ3v) is 4.58. The monoisotopic (exact) mass is 311 g/mol. The lowest BCUT2D eigenvalue weighted by Gasteiger charge is -2.13.